The zero-order valence-corrected chi connectivity index (χ0v) is 10.8. The zero-order chi connectivity index (χ0) is 13.2. The van der Waals surface area contributed by atoms with Crippen LogP contribution in [0.25, 0.3) is 0 Å². The first kappa shape index (κ1) is 11.9. The topological polar surface area (TPSA) is 103 Å². The van der Waals surface area contributed by atoms with Crippen molar-refractivity contribution in [3.63, 3.8) is 0 Å². The molecule has 7 heteroatoms. The van der Waals surface area contributed by atoms with Crippen molar-refractivity contribution in [2.75, 3.05) is 17.6 Å². The van der Waals surface area contributed by atoms with Crippen LogP contribution in [0.3, 0.4) is 0 Å². The van der Waals surface area contributed by atoms with Crippen LogP contribution in [0, 0.1) is 6.92 Å². The highest BCUT2D eigenvalue weighted by Crippen LogP contribution is 2.39. The van der Waals surface area contributed by atoms with E-state index in [1.54, 1.807) is 0 Å². The van der Waals surface area contributed by atoms with Gasteiger partial charge in [0.15, 0.2) is 6.33 Å². The molecule has 0 bridgehead atoms. The summed E-state index contributed by atoms with van der Waals surface area (Å²) in [5.41, 5.74) is 6.81. The molecule has 2 aromatic heterocycles. The van der Waals surface area contributed by atoms with Gasteiger partial charge in [0.2, 0.25) is 5.89 Å². The maximum Gasteiger partial charge on any atom is 0.228 e. The van der Waals surface area contributed by atoms with E-state index in [-0.39, 0.29) is 0 Å². The quantitative estimate of drug-likeness (QED) is 0.834. The Morgan fingerprint density at radius 1 is 1.42 bits per heavy atom. The highest BCUT2D eigenvalue weighted by atomic mass is 16.5. The number of hydrogen-bond donors (Lipinski definition) is 2. The molecule has 3 N–H and O–H groups in total. The van der Waals surface area contributed by atoms with Gasteiger partial charge >= 0.3 is 0 Å². The molecule has 0 aliphatic heterocycles. The molecule has 0 radical (unpaired) electrons. The van der Waals surface area contributed by atoms with E-state index in [0.717, 1.165) is 30.0 Å². The Balaban J connectivity index is 1.69. The molecule has 1 aliphatic rings. The summed E-state index contributed by atoms with van der Waals surface area (Å²) in [6, 6.07) is 0. The van der Waals surface area contributed by atoms with Gasteiger partial charge in [-0.2, -0.15) is 4.98 Å². The molecule has 1 saturated carbocycles. The monoisotopic (exact) mass is 260 g/mol. The minimum absolute atomic E-state index is 0.486. The van der Waals surface area contributed by atoms with Crippen LogP contribution in [0.5, 0.6) is 0 Å². The fourth-order valence-electron chi connectivity index (χ4n) is 1.84. The van der Waals surface area contributed by atoms with Gasteiger partial charge in [0.25, 0.3) is 0 Å². The molecule has 0 amide bonds. The normalized spacial score (nSPS) is 14.6. The number of nitrogens with zero attached hydrogens (tertiary/aromatic N) is 4. The molecule has 2 aromatic rings. The summed E-state index contributed by atoms with van der Waals surface area (Å²) in [7, 11) is 0. The van der Waals surface area contributed by atoms with Gasteiger partial charge < -0.3 is 15.6 Å². The van der Waals surface area contributed by atoms with Gasteiger partial charge in [0.1, 0.15) is 17.5 Å². The molecule has 19 heavy (non-hydrogen) atoms. The van der Waals surface area contributed by atoms with Gasteiger partial charge in [-0.3, -0.25) is 0 Å². The van der Waals surface area contributed by atoms with Crippen molar-refractivity contribution in [2.45, 2.75) is 32.1 Å². The molecular formula is C12H16N6O. The van der Waals surface area contributed by atoms with E-state index in [1.165, 1.54) is 6.33 Å². The van der Waals surface area contributed by atoms with Crippen LogP contribution in [-0.2, 0) is 6.42 Å². The number of rotatable bonds is 5. The molecule has 3 rings (SSSR count). The summed E-state index contributed by atoms with van der Waals surface area (Å²) in [5.74, 6) is 3.29. The van der Waals surface area contributed by atoms with Gasteiger partial charge in [0.05, 0.1) is 0 Å². The molecular weight excluding hydrogens is 244 g/mol. The van der Waals surface area contributed by atoms with Crippen molar-refractivity contribution in [1.82, 2.24) is 20.1 Å². The van der Waals surface area contributed by atoms with Gasteiger partial charge in [-0.05, 0) is 19.8 Å². The SMILES string of the molecule is Cc1c(N)nc(C2CC2)nc1NCCc1ncno1. The molecule has 0 atom stereocenters. The minimum atomic E-state index is 0.486. The number of hydrogen-bond acceptors (Lipinski definition) is 7. The molecule has 0 aromatic carbocycles. The third-order valence-corrected chi connectivity index (χ3v) is 3.18. The van der Waals surface area contributed by atoms with Crippen LogP contribution in [0.4, 0.5) is 11.6 Å². The van der Waals surface area contributed by atoms with Crippen molar-refractivity contribution in [3.05, 3.63) is 23.6 Å². The first-order chi connectivity index (χ1) is 9.24. The van der Waals surface area contributed by atoms with Crippen molar-refractivity contribution >= 4 is 11.6 Å². The predicted molar refractivity (Wildman–Crippen MR) is 69.6 cm³/mol. The lowest BCUT2D eigenvalue weighted by Crippen LogP contribution is -2.11. The van der Waals surface area contributed by atoms with Crippen molar-refractivity contribution in [1.29, 1.82) is 0 Å². The summed E-state index contributed by atoms with van der Waals surface area (Å²) in [4.78, 5) is 12.9. The van der Waals surface area contributed by atoms with Gasteiger partial charge in [-0.25, -0.2) is 9.97 Å². The van der Waals surface area contributed by atoms with Crippen molar-refractivity contribution in [2.24, 2.45) is 0 Å². The number of nitrogens with two attached hydrogens (primary N) is 1. The molecule has 2 heterocycles. The molecule has 1 aliphatic carbocycles. The van der Waals surface area contributed by atoms with Crippen LogP contribution in [0.2, 0.25) is 0 Å². The van der Waals surface area contributed by atoms with Crippen molar-refractivity contribution < 1.29 is 4.52 Å². The summed E-state index contributed by atoms with van der Waals surface area (Å²) in [6.45, 7) is 2.59. The van der Waals surface area contributed by atoms with Gasteiger partial charge in [0, 0.05) is 24.4 Å². The van der Waals surface area contributed by atoms with E-state index >= 15 is 0 Å². The lowest BCUT2D eigenvalue weighted by molar-refractivity contribution is 0.379. The average molecular weight is 260 g/mol. The number of nitrogen functional groups attached to an aromatic ring is 1. The second-order valence-electron chi connectivity index (χ2n) is 4.73. The van der Waals surface area contributed by atoms with Crippen molar-refractivity contribution in [3.8, 4) is 0 Å². The maximum atomic E-state index is 5.92. The standard InChI is InChI=1S/C12H16N6O/c1-7-10(13)17-12(8-2-3-8)18-11(7)14-5-4-9-15-6-16-19-9/h6,8H,2-5H2,1H3,(H3,13,14,17,18). The third kappa shape index (κ3) is 2.64. The summed E-state index contributed by atoms with van der Waals surface area (Å²) in [6.07, 6.45) is 4.37. The van der Waals surface area contributed by atoms with Crippen LogP contribution >= 0.6 is 0 Å². The zero-order valence-electron chi connectivity index (χ0n) is 10.8. The second-order valence-corrected chi connectivity index (χ2v) is 4.73. The van der Waals surface area contributed by atoms with E-state index in [9.17, 15) is 0 Å². The Labute approximate surface area is 110 Å². The van der Waals surface area contributed by atoms with Crippen LogP contribution < -0.4 is 11.1 Å². The number of aromatic nitrogens is 4. The highest BCUT2D eigenvalue weighted by Gasteiger charge is 2.27. The molecule has 0 saturated heterocycles. The smallest absolute Gasteiger partial charge is 0.228 e. The van der Waals surface area contributed by atoms with Crippen LogP contribution in [0.1, 0.15) is 36.0 Å². The van der Waals surface area contributed by atoms with E-state index in [1.807, 2.05) is 6.92 Å². The van der Waals surface area contributed by atoms with E-state index in [4.69, 9.17) is 10.3 Å². The van der Waals surface area contributed by atoms with Crippen LogP contribution in [-0.4, -0.2) is 26.7 Å². The van der Waals surface area contributed by atoms with E-state index < -0.39 is 0 Å². The van der Waals surface area contributed by atoms with E-state index in [0.29, 0.717) is 30.6 Å². The molecule has 100 valence electrons. The summed E-state index contributed by atoms with van der Waals surface area (Å²) in [5, 5.41) is 6.82. The Morgan fingerprint density at radius 3 is 2.95 bits per heavy atom. The fourth-order valence-corrected chi connectivity index (χ4v) is 1.84. The van der Waals surface area contributed by atoms with Gasteiger partial charge in [-0.15, -0.1) is 0 Å². The minimum Gasteiger partial charge on any atom is -0.383 e. The van der Waals surface area contributed by atoms with Gasteiger partial charge in [-0.1, -0.05) is 5.16 Å². The largest absolute Gasteiger partial charge is 0.383 e. The molecule has 7 nitrogen and oxygen atoms in total. The Kier molecular flexibility index (Phi) is 3.02. The lowest BCUT2D eigenvalue weighted by atomic mass is 10.2. The first-order valence-corrected chi connectivity index (χ1v) is 6.37. The molecule has 1 fully saturated rings. The number of anilines is 2. The average Bonchev–Trinajstić information content (AvgIpc) is 3.12. The van der Waals surface area contributed by atoms with Crippen LogP contribution in [0.15, 0.2) is 10.9 Å². The Morgan fingerprint density at radius 2 is 2.26 bits per heavy atom. The Bertz CT molecular complexity index is 564. The maximum absolute atomic E-state index is 5.92. The predicted octanol–water partition coefficient (Wildman–Crippen LogP) is 1.28. The fraction of sp³-hybridized carbons (Fsp3) is 0.500. The Hall–Kier alpha value is -2.18. The third-order valence-electron chi connectivity index (χ3n) is 3.18. The molecule has 0 spiro atoms. The molecule has 0 unspecified atom stereocenters. The number of nitrogens with one attached hydrogen (secondary N) is 1. The second kappa shape index (κ2) is 4.83. The lowest BCUT2D eigenvalue weighted by Gasteiger charge is -2.11. The highest BCUT2D eigenvalue weighted by molar-refractivity contribution is 5.55. The van der Waals surface area contributed by atoms with E-state index in [2.05, 4.69) is 25.4 Å². The summed E-state index contributed by atoms with van der Waals surface area (Å²) >= 11 is 0. The first-order valence-electron chi connectivity index (χ1n) is 6.37. The summed E-state index contributed by atoms with van der Waals surface area (Å²) < 4.78 is 4.94.